The van der Waals surface area contributed by atoms with Gasteiger partial charge in [0.2, 0.25) is 0 Å². The van der Waals surface area contributed by atoms with Crippen LogP contribution in [0.2, 0.25) is 0 Å². The van der Waals surface area contributed by atoms with Gasteiger partial charge in [0.25, 0.3) is 5.91 Å². The Morgan fingerprint density at radius 2 is 1.91 bits per heavy atom. The Balaban J connectivity index is 1.72. The van der Waals surface area contributed by atoms with Crippen LogP contribution >= 0.6 is 22.6 Å². The van der Waals surface area contributed by atoms with Crippen LogP contribution in [0.4, 0.5) is 5.69 Å². The van der Waals surface area contributed by atoms with Gasteiger partial charge < -0.3 is 5.32 Å². The molecule has 2 aromatic rings. The number of hydrogen-bond acceptors (Lipinski definition) is 2. The Bertz CT molecular complexity index is 708. The second-order valence-electron chi connectivity index (χ2n) is 6.07. The molecule has 23 heavy (non-hydrogen) atoms. The average Bonchev–Trinajstić information content (AvgIpc) is 3.03. The van der Waals surface area contributed by atoms with Gasteiger partial charge in [0, 0.05) is 15.8 Å². The molecule has 0 spiro atoms. The fraction of sp³-hybridized carbons (Fsp3) is 0.316. The predicted octanol–water partition coefficient (Wildman–Crippen LogP) is 4.45. The summed E-state index contributed by atoms with van der Waals surface area (Å²) >= 11 is 2.23. The number of hydrogen-bond donors (Lipinski definition) is 1. The third kappa shape index (κ3) is 4.12. The predicted molar refractivity (Wildman–Crippen MR) is 103 cm³/mol. The molecule has 0 aromatic heterocycles. The minimum atomic E-state index is -0.0450. The molecule has 120 valence electrons. The Hall–Kier alpha value is -1.40. The molecule has 0 aliphatic carbocycles. The molecular weight excluding hydrogens is 399 g/mol. The summed E-state index contributed by atoms with van der Waals surface area (Å²) in [7, 11) is 0. The lowest BCUT2D eigenvalue weighted by Gasteiger charge is -2.15. The number of nitrogens with zero attached hydrogens (tertiary/aromatic N) is 1. The van der Waals surface area contributed by atoms with Crippen molar-refractivity contribution in [3.8, 4) is 0 Å². The number of anilines is 1. The van der Waals surface area contributed by atoms with Crippen LogP contribution in [0.3, 0.4) is 0 Å². The van der Waals surface area contributed by atoms with Gasteiger partial charge in [0.05, 0.1) is 5.56 Å². The van der Waals surface area contributed by atoms with Gasteiger partial charge >= 0.3 is 0 Å². The maximum atomic E-state index is 12.5. The highest BCUT2D eigenvalue weighted by Gasteiger charge is 2.13. The first kappa shape index (κ1) is 16.5. The molecule has 1 fully saturated rings. The number of carbonyl (C=O) groups is 1. The van der Waals surface area contributed by atoms with Crippen molar-refractivity contribution in [3.05, 3.63) is 62.7 Å². The maximum absolute atomic E-state index is 12.5. The van der Waals surface area contributed by atoms with Gasteiger partial charge in [0.15, 0.2) is 0 Å². The van der Waals surface area contributed by atoms with Gasteiger partial charge in [0.1, 0.15) is 0 Å². The van der Waals surface area contributed by atoms with Crippen molar-refractivity contribution in [2.45, 2.75) is 26.3 Å². The summed E-state index contributed by atoms with van der Waals surface area (Å²) in [6.45, 7) is 5.34. The van der Waals surface area contributed by atoms with Gasteiger partial charge in [-0.25, -0.2) is 0 Å². The number of rotatable bonds is 4. The van der Waals surface area contributed by atoms with Gasteiger partial charge in [-0.3, -0.25) is 9.69 Å². The van der Waals surface area contributed by atoms with Crippen molar-refractivity contribution in [3.63, 3.8) is 0 Å². The molecule has 1 saturated heterocycles. The summed E-state index contributed by atoms with van der Waals surface area (Å²) in [5, 5.41) is 3.03. The number of halogens is 1. The molecule has 4 heteroatoms. The van der Waals surface area contributed by atoms with Crippen LogP contribution < -0.4 is 5.32 Å². The molecular formula is C19H21IN2O. The monoisotopic (exact) mass is 420 g/mol. The average molecular weight is 420 g/mol. The van der Waals surface area contributed by atoms with Crippen molar-refractivity contribution in [2.24, 2.45) is 0 Å². The Morgan fingerprint density at radius 1 is 1.17 bits per heavy atom. The Kier molecular flexibility index (Phi) is 5.33. The Morgan fingerprint density at radius 3 is 2.70 bits per heavy atom. The zero-order valence-electron chi connectivity index (χ0n) is 13.3. The van der Waals surface area contributed by atoms with E-state index in [0.717, 1.165) is 26.9 Å². The zero-order chi connectivity index (χ0) is 16.2. The molecule has 0 atom stereocenters. The molecule has 3 rings (SSSR count). The van der Waals surface area contributed by atoms with Crippen molar-refractivity contribution in [1.29, 1.82) is 0 Å². The maximum Gasteiger partial charge on any atom is 0.256 e. The number of nitrogens with one attached hydrogen (secondary N) is 1. The summed E-state index contributed by atoms with van der Waals surface area (Å²) in [4.78, 5) is 15.0. The van der Waals surface area contributed by atoms with Crippen LogP contribution in [0, 0.1) is 10.5 Å². The fourth-order valence-corrected chi connectivity index (χ4v) is 3.57. The highest BCUT2D eigenvalue weighted by molar-refractivity contribution is 14.1. The first-order valence-electron chi connectivity index (χ1n) is 8.01. The van der Waals surface area contributed by atoms with Gasteiger partial charge in [-0.15, -0.1) is 0 Å². The standard InChI is InChI=1S/C19H21IN2O/c1-14-6-4-9-17(18(14)20)19(23)21-16-8-5-7-15(12-16)13-22-10-2-3-11-22/h4-9,12H,2-3,10-11,13H2,1H3,(H,21,23). The van der Waals surface area contributed by atoms with Crippen LogP contribution in [0.15, 0.2) is 42.5 Å². The molecule has 2 aromatic carbocycles. The van der Waals surface area contributed by atoms with Crippen LogP contribution in [0.1, 0.15) is 34.3 Å². The summed E-state index contributed by atoms with van der Waals surface area (Å²) in [6.07, 6.45) is 2.59. The molecule has 1 heterocycles. The molecule has 0 unspecified atom stereocenters. The highest BCUT2D eigenvalue weighted by atomic mass is 127. The number of amides is 1. The van der Waals surface area contributed by atoms with Gasteiger partial charge in [-0.1, -0.05) is 24.3 Å². The lowest BCUT2D eigenvalue weighted by Crippen LogP contribution is -2.18. The summed E-state index contributed by atoms with van der Waals surface area (Å²) in [6, 6.07) is 14.0. The van der Waals surface area contributed by atoms with Gasteiger partial charge in [-0.05, 0) is 84.8 Å². The Labute approximate surface area is 151 Å². The normalized spacial score (nSPS) is 14.9. The molecule has 0 bridgehead atoms. The molecule has 0 radical (unpaired) electrons. The summed E-state index contributed by atoms with van der Waals surface area (Å²) in [5.41, 5.74) is 3.98. The number of carbonyl (C=O) groups excluding carboxylic acids is 1. The van der Waals surface area contributed by atoms with Crippen molar-refractivity contribution >= 4 is 34.2 Å². The van der Waals surface area contributed by atoms with E-state index < -0.39 is 0 Å². The minimum Gasteiger partial charge on any atom is -0.322 e. The third-order valence-corrected chi connectivity index (χ3v) is 5.66. The van der Waals surface area contributed by atoms with E-state index in [0.29, 0.717) is 0 Å². The molecule has 1 aliphatic heterocycles. The summed E-state index contributed by atoms with van der Waals surface area (Å²) in [5.74, 6) is -0.0450. The van der Waals surface area contributed by atoms with E-state index >= 15 is 0 Å². The highest BCUT2D eigenvalue weighted by Crippen LogP contribution is 2.20. The quantitative estimate of drug-likeness (QED) is 0.742. The SMILES string of the molecule is Cc1cccc(C(=O)Nc2cccc(CN3CCCC3)c2)c1I. The molecule has 0 saturated carbocycles. The minimum absolute atomic E-state index is 0.0450. The van der Waals surface area contributed by atoms with E-state index in [1.54, 1.807) is 0 Å². The van der Waals surface area contributed by atoms with Gasteiger partial charge in [-0.2, -0.15) is 0 Å². The van der Waals surface area contributed by atoms with E-state index in [-0.39, 0.29) is 5.91 Å². The number of aryl methyl sites for hydroxylation is 1. The number of benzene rings is 2. The molecule has 1 amide bonds. The fourth-order valence-electron chi connectivity index (χ4n) is 2.97. The van der Waals surface area contributed by atoms with E-state index in [2.05, 4.69) is 44.9 Å². The molecule has 1 aliphatic rings. The van der Waals surface area contributed by atoms with Crippen molar-refractivity contribution in [2.75, 3.05) is 18.4 Å². The van der Waals surface area contributed by atoms with Crippen LogP contribution in [-0.2, 0) is 6.54 Å². The van der Waals surface area contributed by atoms with Crippen LogP contribution in [0.25, 0.3) is 0 Å². The smallest absolute Gasteiger partial charge is 0.256 e. The molecule has 3 nitrogen and oxygen atoms in total. The zero-order valence-corrected chi connectivity index (χ0v) is 15.5. The van der Waals surface area contributed by atoms with Crippen molar-refractivity contribution in [1.82, 2.24) is 4.90 Å². The lowest BCUT2D eigenvalue weighted by atomic mass is 10.1. The first-order valence-corrected chi connectivity index (χ1v) is 9.09. The topological polar surface area (TPSA) is 32.3 Å². The van der Waals surface area contributed by atoms with Crippen molar-refractivity contribution < 1.29 is 4.79 Å². The second-order valence-corrected chi connectivity index (χ2v) is 7.15. The van der Waals surface area contributed by atoms with E-state index in [1.807, 2.05) is 37.3 Å². The lowest BCUT2D eigenvalue weighted by molar-refractivity contribution is 0.102. The van der Waals surface area contributed by atoms with Crippen LogP contribution in [-0.4, -0.2) is 23.9 Å². The third-order valence-electron chi connectivity index (χ3n) is 4.23. The van der Waals surface area contributed by atoms with Crippen LogP contribution in [0.5, 0.6) is 0 Å². The second kappa shape index (κ2) is 7.45. The largest absolute Gasteiger partial charge is 0.322 e. The molecule has 1 N–H and O–H groups in total. The van der Waals surface area contributed by atoms with E-state index in [1.165, 1.54) is 31.5 Å². The summed E-state index contributed by atoms with van der Waals surface area (Å²) < 4.78 is 1.01. The number of likely N-dealkylation sites (tertiary alicyclic amines) is 1. The van der Waals surface area contributed by atoms with E-state index in [4.69, 9.17) is 0 Å². The first-order chi connectivity index (χ1) is 11.1. The van der Waals surface area contributed by atoms with E-state index in [9.17, 15) is 4.79 Å².